The van der Waals surface area contributed by atoms with E-state index in [4.69, 9.17) is 10.8 Å². The number of carboxylic acid groups (broad SMARTS) is 1. The molecular weight excluding hydrogens is 240 g/mol. The zero-order chi connectivity index (χ0) is 13.7. The molecule has 4 N–H and O–H groups in total. The third kappa shape index (κ3) is 3.69. The molecule has 1 amide bonds. The number of aliphatic carboxylic acids is 1. The highest BCUT2D eigenvalue weighted by atomic mass is 16.5. The summed E-state index contributed by atoms with van der Waals surface area (Å²) in [6.07, 6.45) is 1.48. The average Bonchev–Trinajstić information content (AvgIpc) is 2.77. The number of nitrogens with two attached hydrogens (primary N) is 1. The molecule has 1 fully saturated rings. The molecule has 1 rings (SSSR count). The molecule has 3 atom stereocenters. The summed E-state index contributed by atoms with van der Waals surface area (Å²) >= 11 is 0. The molecule has 7 heteroatoms. The summed E-state index contributed by atoms with van der Waals surface area (Å²) in [5.41, 5.74) is 5.42. The number of hydrogen-bond acceptors (Lipinski definition) is 5. The van der Waals surface area contributed by atoms with Gasteiger partial charge in [0, 0.05) is 6.04 Å². The predicted molar refractivity (Wildman–Crippen MR) is 61.5 cm³/mol. The fraction of sp³-hybridized carbons (Fsp3) is 0.727. The number of carboxylic acids is 1. The summed E-state index contributed by atoms with van der Waals surface area (Å²) in [5.74, 6) is -2.69. The number of rotatable bonds is 5. The van der Waals surface area contributed by atoms with Gasteiger partial charge in [-0.2, -0.15) is 0 Å². The molecule has 18 heavy (non-hydrogen) atoms. The van der Waals surface area contributed by atoms with Crippen LogP contribution in [0.15, 0.2) is 0 Å². The maximum atomic E-state index is 11.6. The Kier molecular flexibility index (Phi) is 5.08. The van der Waals surface area contributed by atoms with Crippen LogP contribution in [0, 0.1) is 5.92 Å². The van der Waals surface area contributed by atoms with Crippen LogP contribution in [0.25, 0.3) is 0 Å². The van der Waals surface area contributed by atoms with Gasteiger partial charge in [-0.3, -0.25) is 9.59 Å². The van der Waals surface area contributed by atoms with Crippen molar-refractivity contribution in [3.8, 4) is 0 Å². The second kappa shape index (κ2) is 6.34. The first-order valence-corrected chi connectivity index (χ1v) is 5.91. The molecule has 102 valence electrons. The lowest BCUT2D eigenvalue weighted by Crippen LogP contribution is -2.49. The lowest BCUT2D eigenvalue weighted by Gasteiger charge is -2.15. The van der Waals surface area contributed by atoms with Gasteiger partial charge >= 0.3 is 11.9 Å². The minimum atomic E-state index is -1.35. The Labute approximate surface area is 105 Å². The first kappa shape index (κ1) is 14.4. The van der Waals surface area contributed by atoms with E-state index in [1.807, 2.05) is 0 Å². The van der Waals surface area contributed by atoms with Gasteiger partial charge in [-0.05, 0) is 26.2 Å². The molecule has 1 unspecified atom stereocenters. The lowest BCUT2D eigenvalue weighted by molar-refractivity contribution is -0.148. The number of ether oxygens (including phenoxy) is 1. The standard InChI is InChI=1S/C11H18N2O5/c1-2-18-11(17)8(12)9(14)13-7-4-3-6(5-7)10(15)16/h6-8H,2-5,12H2,1H3,(H,13,14)(H,15,16)/t6-,7+,8?/m1/s1. The Morgan fingerprint density at radius 2 is 2.11 bits per heavy atom. The van der Waals surface area contributed by atoms with Gasteiger partial charge in [0.1, 0.15) is 0 Å². The first-order valence-electron chi connectivity index (χ1n) is 5.91. The maximum Gasteiger partial charge on any atom is 0.332 e. The molecule has 0 radical (unpaired) electrons. The van der Waals surface area contributed by atoms with Crippen molar-refractivity contribution < 1.29 is 24.2 Å². The second-order valence-corrected chi connectivity index (χ2v) is 4.28. The number of carbonyl (C=O) groups excluding carboxylic acids is 2. The zero-order valence-corrected chi connectivity index (χ0v) is 10.2. The minimum absolute atomic E-state index is 0.157. The van der Waals surface area contributed by atoms with Crippen LogP contribution in [0.5, 0.6) is 0 Å². The Balaban J connectivity index is 2.41. The van der Waals surface area contributed by atoms with Gasteiger partial charge in [-0.15, -0.1) is 0 Å². The predicted octanol–water partition coefficient (Wildman–Crippen LogP) is -0.754. The van der Waals surface area contributed by atoms with Crippen molar-refractivity contribution in [2.24, 2.45) is 11.7 Å². The lowest BCUT2D eigenvalue weighted by atomic mass is 10.1. The van der Waals surface area contributed by atoms with E-state index in [0.29, 0.717) is 19.3 Å². The van der Waals surface area contributed by atoms with Crippen LogP contribution in [0.4, 0.5) is 0 Å². The van der Waals surface area contributed by atoms with Gasteiger partial charge in [-0.1, -0.05) is 0 Å². The molecule has 0 aliphatic heterocycles. The van der Waals surface area contributed by atoms with Gasteiger partial charge in [0.25, 0.3) is 0 Å². The van der Waals surface area contributed by atoms with Gasteiger partial charge in [0.2, 0.25) is 5.91 Å². The molecule has 0 saturated heterocycles. The van der Waals surface area contributed by atoms with Crippen molar-refractivity contribution in [1.29, 1.82) is 0 Å². The summed E-state index contributed by atoms with van der Waals surface area (Å²) in [4.78, 5) is 33.6. The van der Waals surface area contributed by atoms with E-state index in [9.17, 15) is 14.4 Å². The van der Waals surface area contributed by atoms with Gasteiger partial charge < -0.3 is 20.9 Å². The monoisotopic (exact) mass is 258 g/mol. The van der Waals surface area contributed by atoms with Crippen molar-refractivity contribution in [2.75, 3.05) is 6.61 Å². The van der Waals surface area contributed by atoms with Crippen molar-refractivity contribution in [2.45, 2.75) is 38.3 Å². The van der Waals surface area contributed by atoms with Crippen LogP contribution in [-0.4, -0.2) is 41.6 Å². The van der Waals surface area contributed by atoms with Crippen LogP contribution in [0.2, 0.25) is 0 Å². The number of esters is 1. The number of carbonyl (C=O) groups is 3. The summed E-state index contributed by atoms with van der Waals surface area (Å²) in [6, 6.07) is -1.59. The average molecular weight is 258 g/mol. The fourth-order valence-corrected chi connectivity index (χ4v) is 1.97. The quantitative estimate of drug-likeness (QED) is 0.441. The normalized spacial score (nSPS) is 24.3. The smallest absolute Gasteiger partial charge is 0.332 e. The molecule has 1 aliphatic rings. The zero-order valence-electron chi connectivity index (χ0n) is 10.2. The first-order chi connectivity index (χ1) is 8.45. The van der Waals surface area contributed by atoms with E-state index in [0.717, 1.165) is 0 Å². The molecule has 0 bridgehead atoms. The van der Waals surface area contributed by atoms with Gasteiger partial charge in [-0.25, -0.2) is 4.79 Å². The molecule has 7 nitrogen and oxygen atoms in total. The summed E-state index contributed by atoms with van der Waals surface area (Å²) in [7, 11) is 0. The van der Waals surface area contributed by atoms with Crippen LogP contribution in [0.1, 0.15) is 26.2 Å². The maximum absolute atomic E-state index is 11.6. The van der Waals surface area contributed by atoms with E-state index in [2.05, 4.69) is 10.1 Å². The molecule has 1 saturated carbocycles. The van der Waals surface area contributed by atoms with Crippen LogP contribution in [-0.2, 0) is 19.1 Å². The molecule has 1 aliphatic carbocycles. The third-order valence-electron chi connectivity index (χ3n) is 2.95. The summed E-state index contributed by atoms with van der Waals surface area (Å²) in [6.45, 7) is 1.78. The van der Waals surface area contributed by atoms with Crippen LogP contribution < -0.4 is 11.1 Å². The topological polar surface area (TPSA) is 119 Å². The van der Waals surface area contributed by atoms with Crippen molar-refractivity contribution in [1.82, 2.24) is 5.32 Å². The SMILES string of the molecule is CCOC(=O)C(N)C(=O)N[C@H]1CC[C@@H](C(=O)O)C1. The fourth-order valence-electron chi connectivity index (χ4n) is 1.97. The van der Waals surface area contributed by atoms with E-state index in [1.54, 1.807) is 6.92 Å². The third-order valence-corrected chi connectivity index (χ3v) is 2.95. The molecular formula is C11H18N2O5. The highest BCUT2D eigenvalue weighted by molar-refractivity contribution is 6.01. The summed E-state index contributed by atoms with van der Waals surface area (Å²) < 4.78 is 4.63. The Morgan fingerprint density at radius 3 is 2.61 bits per heavy atom. The highest BCUT2D eigenvalue weighted by Crippen LogP contribution is 2.25. The number of amides is 1. The van der Waals surface area contributed by atoms with Gasteiger partial charge in [0.15, 0.2) is 6.04 Å². The second-order valence-electron chi connectivity index (χ2n) is 4.28. The molecule has 0 aromatic heterocycles. The van der Waals surface area contributed by atoms with E-state index in [1.165, 1.54) is 0 Å². The van der Waals surface area contributed by atoms with Crippen LogP contribution in [0.3, 0.4) is 0 Å². The Morgan fingerprint density at radius 1 is 1.44 bits per heavy atom. The van der Waals surface area contributed by atoms with Crippen molar-refractivity contribution >= 4 is 17.8 Å². The van der Waals surface area contributed by atoms with Crippen LogP contribution >= 0.6 is 0 Å². The summed E-state index contributed by atoms with van der Waals surface area (Å²) in [5, 5.41) is 11.4. The molecule has 0 aromatic carbocycles. The van der Waals surface area contributed by atoms with E-state index < -0.39 is 29.8 Å². The molecule has 0 aromatic rings. The van der Waals surface area contributed by atoms with E-state index in [-0.39, 0.29) is 12.6 Å². The Bertz CT molecular complexity index is 344. The van der Waals surface area contributed by atoms with Gasteiger partial charge in [0.05, 0.1) is 12.5 Å². The minimum Gasteiger partial charge on any atom is -0.481 e. The molecule has 0 heterocycles. The van der Waals surface area contributed by atoms with Crippen molar-refractivity contribution in [3.63, 3.8) is 0 Å². The van der Waals surface area contributed by atoms with Crippen molar-refractivity contribution in [3.05, 3.63) is 0 Å². The largest absolute Gasteiger partial charge is 0.481 e. The highest BCUT2D eigenvalue weighted by Gasteiger charge is 2.32. The van der Waals surface area contributed by atoms with E-state index >= 15 is 0 Å². The Hall–Kier alpha value is -1.63. The number of nitrogens with one attached hydrogen (secondary N) is 1. The molecule has 0 spiro atoms. The number of hydrogen-bond donors (Lipinski definition) is 3.